The Kier molecular flexibility index (Phi) is 4.45. The van der Waals surface area contributed by atoms with Gasteiger partial charge in [0.2, 0.25) is 16.7 Å². The van der Waals surface area contributed by atoms with E-state index in [1.165, 1.54) is 25.9 Å². The van der Waals surface area contributed by atoms with Crippen molar-refractivity contribution >= 4 is 46.3 Å². The van der Waals surface area contributed by atoms with Gasteiger partial charge in [-0.05, 0) is 17.8 Å². The molecule has 1 aromatic rings. The van der Waals surface area contributed by atoms with Gasteiger partial charge in [0.1, 0.15) is 6.54 Å². The van der Waals surface area contributed by atoms with Crippen molar-refractivity contribution in [3.63, 3.8) is 0 Å². The summed E-state index contributed by atoms with van der Waals surface area (Å²) in [6, 6.07) is 6.83. The van der Waals surface area contributed by atoms with Crippen LogP contribution in [0.25, 0.3) is 0 Å². The number of nitrogens with zero attached hydrogens (tertiary/aromatic N) is 3. The van der Waals surface area contributed by atoms with Crippen molar-refractivity contribution in [3.05, 3.63) is 29.8 Å². The molecule has 10 heteroatoms. The first kappa shape index (κ1) is 17.9. The summed E-state index contributed by atoms with van der Waals surface area (Å²) in [6.45, 7) is 2.29. The molecule has 0 bridgehead atoms. The molecule has 3 amide bonds. The number of hydrogen-bond donors (Lipinski definition) is 1. The fourth-order valence-corrected chi connectivity index (χ4v) is 4.25. The lowest BCUT2D eigenvalue weighted by Gasteiger charge is -2.29. The highest BCUT2D eigenvalue weighted by Crippen LogP contribution is 2.54. The largest absolute Gasteiger partial charge is 0.468 e. The number of hydrogen-bond acceptors (Lipinski definition) is 7. The van der Waals surface area contributed by atoms with Crippen LogP contribution in [-0.4, -0.2) is 47.5 Å². The molecule has 1 spiro atoms. The average molecular weight is 376 g/mol. The molecule has 2 aliphatic heterocycles. The second-order valence-corrected chi connectivity index (χ2v) is 6.83. The lowest BCUT2D eigenvalue weighted by atomic mass is 10.1. The molecule has 0 aromatic heterocycles. The topological polar surface area (TPSA) is 108 Å². The van der Waals surface area contributed by atoms with Crippen LogP contribution in [0, 0.1) is 0 Å². The number of ether oxygens (including phenoxy) is 1. The van der Waals surface area contributed by atoms with Gasteiger partial charge in [-0.25, -0.2) is 0 Å². The summed E-state index contributed by atoms with van der Waals surface area (Å²) in [5.74, 6) is -1.94. The van der Waals surface area contributed by atoms with Crippen molar-refractivity contribution in [1.29, 1.82) is 0 Å². The minimum atomic E-state index is -1.51. The third-order valence-electron chi connectivity index (χ3n) is 3.92. The molecule has 2 aliphatic rings. The molecule has 136 valence electrons. The maximum atomic E-state index is 13.3. The van der Waals surface area contributed by atoms with Gasteiger partial charge in [0.25, 0.3) is 5.91 Å². The predicted molar refractivity (Wildman–Crippen MR) is 93.9 cm³/mol. The van der Waals surface area contributed by atoms with Crippen LogP contribution in [0.4, 0.5) is 5.69 Å². The number of rotatable bonds is 2. The van der Waals surface area contributed by atoms with Gasteiger partial charge in [-0.3, -0.25) is 24.1 Å². The second-order valence-electron chi connectivity index (χ2n) is 5.65. The van der Waals surface area contributed by atoms with Gasteiger partial charge >= 0.3 is 5.97 Å². The summed E-state index contributed by atoms with van der Waals surface area (Å²) < 4.78 is 4.67. The zero-order chi connectivity index (χ0) is 19.1. The SMILES string of the molecule is COC(=O)CN1C(=O)[C@@]2(SC(NC(C)=O)=NN2C(C)=O)c2ccccc21. The molecule has 2 heterocycles. The number of hydrazone groups is 1. The van der Waals surface area contributed by atoms with Gasteiger partial charge in [-0.1, -0.05) is 18.2 Å². The van der Waals surface area contributed by atoms with Crippen LogP contribution in [-0.2, 0) is 28.8 Å². The van der Waals surface area contributed by atoms with Crippen LogP contribution in [0.1, 0.15) is 19.4 Å². The van der Waals surface area contributed by atoms with E-state index in [0.717, 1.165) is 16.8 Å². The van der Waals surface area contributed by atoms with E-state index in [-0.39, 0.29) is 17.6 Å². The number of nitrogens with one attached hydrogen (secondary N) is 1. The number of amidine groups is 1. The zero-order valence-corrected chi connectivity index (χ0v) is 15.1. The van der Waals surface area contributed by atoms with Crippen molar-refractivity contribution in [2.24, 2.45) is 5.10 Å². The minimum Gasteiger partial charge on any atom is -0.468 e. The van der Waals surface area contributed by atoms with Gasteiger partial charge in [0.05, 0.1) is 12.8 Å². The van der Waals surface area contributed by atoms with E-state index in [4.69, 9.17) is 0 Å². The third kappa shape index (κ3) is 2.62. The van der Waals surface area contributed by atoms with Crippen LogP contribution in [0.2, 0.25) is 0 Å². The number of para-hydroxylation sites is 1. The normalized spacial score (nSPS) is 20.9. The summed E-state index contributed by atoms with van der Waals surface area (Å²) in [7, 11) is 1.23. The molecule has 0 saturated carbocycles. The summed E-state index contributed by atoms with van der Waals surface area (Å²) in [4.78, 5) is 48.4. The number of anilines is 1. The standard InChI is InChI=1S/C16H16N4O5S/c1-9(21)17-15-18-20(10(2)22)16(26-15)11-6-4-5-7-12(11)19(14(16)24)8-13(23)25-3/h4-7H,8H2,1-3H3,(H,17,18,21)/t16-/m0/s1. The number of methoxy groups -OCH3 is 1. The molecule has 0 unspecified atom stereocenters. The van der Waals surface area contributed by atoms with E-state index >= 15 is 0 Å². The molecular weight excluding hydrogens is 360 g/mol. The molecule has 9 nitrogen and oxygen atoms in total. The Bertz CT molecular complexity index is 855. The fourth-order valence-electron chi connectivity index (χ4n) is 2.92. The van der Waals surface area contributed by atoms with Crippen LogP contribution in [0.5, 0.6) is 0 Å². The number of amides is 3. The fraction of sp³-hybridized carbons (Fsp3) is 0.312. The van der Waals surface area contributed by atoms with Gasteiger partial charge in [-0.2, -0.15) is 5.01 Å². The first-order valence-electron chi connectivity index (χ1n) is 7.65. The Morgan fingerprint density at radius 3 is 2.58 bits per heavy atom. The zero-order valence-electron chi connectivity index (χ0n) is 14.3. The summed E-state index contributed by atoms with van der Waals surface area (Å²) >= 11 is 0.954. The molecule has 0 saturated heterocycles. The van der Waals surface area contributed by atoms with Crippen molar-refractivity contribution < 1.29 is 23.9 Å². The Labute approximate surface area is 153 Å². The number of carbonyl (C=O) groups excluding carboxylic acids is 4. The number of benzene rings is 1. The monoisotopic (exact) mass is 376 g/mol. The van der Waals surface area contributed by atoms with Crippen LogP contribution >= 0.6 is 11.8 Å². The smallest absolute Gasteiger partial charge is 0.325 e. The maximum Gasteiger partial charge on any atom is 0.325 e. The van der Waals surface area contributed by atoms with E-state index in [0.29, 0.717) is 11.3 Å². The number of fused-ring (bicyclic) bond motifs is 2. The molecule has 1 N–H and O–H groups in total. The van der Waals surface area contributed by atoms with Gasteiger partial charge in [-0.15, -0.1) is 5.10 Å². The number of thioether (sulfide) groups is 1. The Hall–Kier alpha value is -2.88. The number of esters is 1. The van der Waals surface area contributed by atoms with Crippen molar-refractivity contribution in [2.75, 3.05) is 18.6 Å². The molecule has 26 heavy (non-hydrogen) atoms. The van der Waals surface area contributed by atoms with Gasteiger partial charge in [0.15, 0.2) is 5.17 Å². The summed E-state index contributed by atoms with van der Waals surface area (Å²) in [6.07, 6.45) is 0. The first-order valence-corrected chi connectivity index (χ1v) is 8.47. The third-order valence-corrected chi connectivity index (χ3v) is 5.16. The average Bonchev–Trinajstić information content (AvgIpc) is 3.07. The minimum absolute atomic E-state index is 0.135. The van der Waals surface area contributed by atoms with E-state index in [2.05, 4.69) is 15.2 Å². The van der Waals surface area contributed by atoms with Crippen LogP contribution in [0.15, 0.2) is 29.4 Å². The highest BCUT2D eigenvalue weighted by atomic mass is 32.2. The van der Waals surface area contributed by atoms with Crippen molar-refractivity contribution in [3.8, 4) is 0 Å². The van der Waals surface area contributed by atoms with Crippen molar-refractivity contribution in [1.82, 2.24) is 10.3 Å². The molecular formula is C16H16N4O5S. The Morgan fingerprint density at radius 2 is 1.96 bits per heavy atom. The Balaban J connectivity index is 2.11. The second kappa shape index (κ2) is 6.45. The molecule has 0 radical (unpaired) electrons. The number of carbonyl (C=O) groups is 4. The van der Waals surface area contributed by atoms with Gasteiger partial charge in [0, 0.05) is 19.4 Å². The van der Waals surface area contributed by atoms with E-state index in [1.807, 2.05) is 0 Å². The molecule has 1 aromatic carbocycles. The van der Waals surface area contributed by atoms with E-state index in [1.54, 1.807) is 24.3 Å². The quantitative estimate of drug-likeness (QED) is 0.747. The lowest BCUT2D eigenvalue weighted by molar-refractivity contribution is -0.141. The maximum absolute atomic E-state index is 13.3. The van der Waals surface area contributed by atoms with E-state index < -0.39 is 22.7 Å². The highest BCUT2D eigenvalue weighted by Gasteiger charge is 2.61. The molecule has 3 rings (SSSR count). The Morgan fingerprint density at radius 1 is 1.27 bits per heavy atom. The van der Waals surface area contributed by atoms with Crippen molar-refractivity contribution in [2.45, 2.75) is 18.7 Å². The lowest BCUT2D eigenvalue weighted by Crippen LogP contribution is -2.49. The van der Waals surface area contributed by atoms with E-state index in [9.17, 15) is 19.2 Å². The summed E-state index contributed by atoms with van der Waals surface area (Å²) in [5, 5.41) is 7.81. The van der Waals surface area contributed by atoms with Crippen LogP contribution < -0.4 is 10.2 Å². The molecule has 0 fully saturated rings. The molecule has 1 atom stereocenters. The van der Waals surface area contributed by atoms with Gasteiger partial charge < -0.3 is 10.1 Å². The van der Waals surface area contributed by atoms with Crippen LogP contribution in [0.3, 0.4) is 0 Å². The first-order chi connectivity index (χ1) is 12.3. The molecule has 0 aliphatic carbocycles. The predicted octanol–water partition coefficient (Wildman–Crippen LogP) is 0.361. The highest BCUT2D eigenvalue weighted by molar-refractivity contribution is 8.15. The summed E-state index contributed by atoms with van der Waals surface area (Å²) in [5.41, 5.74) is 0.999.